The minimum atomic E-state index is -3.54. The smallest absolute Gasteiger partial charge is 0.255 e. The second kappa shape index (κ2) is 7.70. The van der Waals surface area contributed by atoms with Gasteiger partial charge in [0.05, 0.1) is 22.8 Å². The van der Waals surface area contributed by atoms with Crippen LogP contribution in [0.15, 0.2) is 53.4 Å². The fourth-order valence-corrected chi connectivity index (χ4v) is 3.75. The number of ether oxygens (including phenoxy) is 1. The van der Waals surface area contributed by atoms with Crippen molar-refractivity contribution in [2.45, 2.75) is 30.5 Å². The maximum absolute atomic E-state index is 12.9. The molecule has 0 fully saturated rings. The van der Waals surface area contributed by atoms with Crippen molar-refractivity contribution in [3.05, 3.63) is 59.7 Å². The molecule has 2 aromatic rings. The molecule has 0 heterocycles. The molecule has 0 saturated carbocycles. The Kier molecular flexibility index (Phi) is 5.85. The van der Waals surface area contributed by atoms with E-state index in [1.165, 1.54) is 11.0 Å². The van der Waals surface area contributed by atoms with Gasteiger partial charge in [-0.15, -0.1) is 0 Å². The quantitative estimate of drug-likeness (QED) is 0.793. The van der Waals surface area contributed by atoms with Crippen molar-refractivity contribution < 1.29 is 17.9 Å². The number of benzene rings is 2. The van der Waals surface area contributed by atoms with Gasteiger partial charge in [0, 0.05) is 19.2 Å². The first-order valence-electron chi connectivity index (χ1n) is 7.99. The Labute approximate surface area is 149 Å². The lowest BCUT2D eigenvalue weighted by molar-refractivity contribution is 0.0780. The Hall–Kier alpha value is -2.34. The summed E-state index contributed by atoms with van der Waals surface area (Å²) in [5.41, 5.74) is 1.04. The van der Waals surface area contributed by atoms with E-state index in [4.69, 9.17) is 4.74 Å². The predicted molar refractivity (Wildman–Crippen MR) is 97.6 cm³/mol. The molecular formula is C19H23NO4S. The molecule has 0 atom stereocenters. The van der Waals surface area contributed by atoms with Gasteiger partial charge in [-0.2, -0.15) is 0 Å². The summed E-state index contributed by atoms with van der Waals surface area (Å²) in [5, 5.41) is -0.596. The number of methoxy groups -OCH3 is 1. The van der Waals surface area contributed by atoms with Crippen LogP contribution >= 0.6 is 0 Å². The Balaban J connectivity index is 2.35. The number of hydrogen-bond acceptors (Lipinski definition) is 4. The molecule has 0 radical (unpaired) electrons. The van der Waals surface area contributed by atoms with Crippen LogP contribution in [0.25, 0.3) is 0 Å². The van der Waals surface area contributed by atoms with Crippen LogP contribution in [0, 0.1) is 0 Å². The molecule has 0 aliphatic carbocycles. The van der Waals surface area contributed by atoms with Gasteiger partial charge in [0.15, 0.2) is 9.84 Å². The summed E-state index contributed by atoms with van der Waals surface area (Å²) < 4.78 is 30.4. The van der Waals surface area contributed by atoms with Crippen molar-refractivity contribution in [3.8, 4) is 5.75 Å². The fraction of sp³-hybridized carbons (Fsp3) is 0.316. The Morgan fingerprint density at radius 2 is 1.68 bits per heavy atom. The van der Waals surface area contributed by atoms with Gasteiger partial charge in [0.25, 0.3) is 5.91 Å². The maximum Gasteiger partial charge on any atom is 0.255 e. The Bertz CT molecular complexity index is 859. The molecular weight excluding hydrogens is 338 g/mol. The fourth-order valence-electron chi connectivity index (χ4n) is 2.51. The van der Waals surface area contributed by atoms with Gasteiger partial charge < -0.3 is 9.64 Å². The molecule has 0 N–H and O–H groups in total. The average molecular weight is 361 g/mol. The first-order valence-corrected chi connectivity index (χ1v) is 9.54. The molecule has 0 aliphatic rings. The van der Waals surface area contributed by atoms with Crippen LogP contribution in [0.4, 0.5) is 0 Å². The summed E-state index contributed by atoms with van der Waals surface area (Å²) in [7, 11) is -0.323. The predicted octanol–water partition coefficient (Wildman–Crippen LogP) is 3.15. The highest BCUT2D eigenvalue weighted by Gasteiger charge is 2.26. The van der Waals surface area contributed by atoms with Crippen molar-refractivity contribution in [1.29, 1.82) is 0 Å². The van der Waals surface area contributed by atoms with Crippen molar-refractivity contribution in [1.82, 2.24) is 4.90 Å². The molecule has 0 bridgehead atoms. The number of para-hydroxylation sites is 1. The van der Waals surface area contributed by atoms with Gasteiger partial charge in [-0.05, 0) is 32.0 Å². The topological polar surface area (TPSA) is 63.7 Å². The number of sulfone groups is 1. The largest absolute Gasteiger partial charge is 0.496 e. The number of nitrogens with zero attached hydrogens (tertiary/aromatic N) is 1. The van der Waals surface area contributed by atoms with E-state index >= 15 is 0 Å². The van der Waals surface area contributed by atoms with Gasteiger partial charge >= 0.3 is 0 Å². The summed E-state index contributed by atoms with van der Waals surface area (Å²) in [6, 6.07) is 13.8. The summed E-state index contributed by atoms with van der Waals surface area (Å²) >= 11 is 0. The molecule has 2 aromatic carbocycles. The monoisotopic (exact) mass is 361 g/mol. The van der Waals surface area contributed by atoms with Crippen LogP contribution in [-0.2, 0) is 16.4 Å². The van der Waals surface area contributed by atoms with Crippen LogP contribution < -0.4 is 4.74 Å². The number of amides is 1. The first-order chi connectivity index (χ1) is 11.8. The maximum atomic E-state index is 12.9. The minimum absolute atomic E-state index is 0.0712. The Morgan fingerprint density at radius 1 is 1.08 bits per heavy atom. The lowest BCUT2D eigenvalue weighted by atomic mass is 10.1. The van der Waals surface area contributed by atoms with Gasteiger partial charge in [-0.1, -0.05) is 30.3 Å². The minimum Gasteiger partial charge on any atom is -0.496 e. The van der Waals surface area contributed by atoms with Crippen LogP contribution in [0.2, 0.25) is 0 Å². The van der Waals surface area contributed by atoms with Gasteiger partial charge in [-0.25, -0.2) is 8.42 Å². The van der Waals surface area contributed by atoms with E-state index in [0.29, 0.717) is 12.3 Å². The summed E-state index contributed by atoms with van der Waals surface area (Å²) in [5.74, 6) is 0.343. The van der Waals surface area contributed by atoms with Crippen LogP contribution in [0.1, 0.15) is 29.8 Å². The second-order valence-corrected chi connectivity index (χ2v) is 8.54. The van der Waals surface area contributed by atoms with Gasteiger partial charge in [-0.3, -0.25) is 4.79 Å². The number of rotatable bonds is 6. The van der Waals surface area contributed by atoms with E-state index in [1.54, 1.807) is 46.2 Å². The molecule has 2 rings (SSSR count). The molecule has 134 valence electrons. The third-order valence-electron chi connectivity index (χ3n) is 3.99. The Morgan fingerprint density at radius 3 is 2.32 bits per heavy atom. The third-order valence-corrected chi connectivity index (χ3v) is 6.20. The van der Waals surface area contributed by atoms with E-state index in [2.05, 4.69) is 0 Å². The van der Waals surface area contributed by atoms with Crippen molar-refractivity contribution >= 4 is 15.7 Å². The lowest BCUT2D eigenvalue weighted by Crippen LogP contribution is -2.28. The standard InChI is InChI=1S/C19H23NO4S/c1-14(2)25(22,23)18-12-8-6-10-16(18)19(21)20(3)13-15-9-5-7-11-17(15)24-4/h5-12,14H,13H2,1-4H3. The number of hydrogen-bond donors (Lipinski definition) is 0. The normalized spacial score (nSPS) is 11.4. The van der Waals surface area contributed by atoms with Crippen molar-refractivity contribution in [3.63, 3.8) is 0 Å². The average Bonchev–Trinajstić information content (AvgIpc) is 2.61. The lowest BCUT2D eigenvalue weighted by Gasteiger charge is -2.21. The van der Waals surface area contributed by atoms with Crippen LogP contribution in [0.5, 0.6) is 5.75 Å². The highest BCUT2D eigenvalue weighted by molar-refractivity contribution is 7.92. The molecule has 6 heteroatoms. The molecule has 5 nitrogen and oxygen atoms in total. The molecule has 0 aromatic heterocycles. The zero-order valence-corrected chi connectivity index (χ0v) is 15.7. The summed E-state index contributed by atoms with van der Waals surface area (Å²) in [6.07, 6.45) is 0. The molecule has 1 amide bonds. The van der Waals surface area contributed by atoms with Crippen molar-refractivity contribution in [2.24, 2.45) is 0 Å². The van der Waals surface area contributed by atoms with E-state index in [1.807, 2.05) is 24.3 Å². The molecule has 25 heavy (non-hydrogen) atoms. The molecule has 0 spiro atoms. The van der Waals surface area contributed by atoms with E-state index in [0.717, 1.165) is 5.56 Å². The summed E-state index contributed by atoms with van der Waals surface area (Å²) in [4.78, 5) is 14.4. The van der Waals surface area contributed by atoms with E-state index in [9.17, 15) is 13.2 Å². The van der Waals surface area contributed by atoms with Crippen LogP contribution in [0.3, 0.4) is 0 Å². The van der Waals surface area contributed by atoms with E-state index < -0.39 is 15.1 Å². The third kappa shape index (κ3) is 4.02. The first kappa shape index (κ1) is 19.0. The molecule has 0 saturated heterocycles. The highest BCUT2D eigenvalue weighted by atomic mass is 32.2. The zero-order valence-electron chi connectivity index (χ0n) is 14.9. The second-order valence-electron chi connectivity index (χ2n) is 6.06. The molecule has 0 unspecified atom stereocenters. The highest BCUT2D eigenvalue weighted by Crippen LogP contribution is 2.24. The zero-order chi connectivity index (χ0) is 18.6. The van der Waals surface area contributed by atoms with Crippen molar-refractivity contribution in [2.75, 3.05) is 14.2 Å². The van der Waals surface area contributed by atoms with Gasteiger partial charge in [0.2, 0.25) is 0 Å². The number of carbonyl (C=O) groups excluding carboxylic acids is 1. The number of carbonyl (C=O) groups is 1. The molecule has 0 aliphatic heterocycles. The SMILES string of the molecule is COc1ccccc1CN(C)C(=O)c1ccccc1S(=O)(=O)C(C)C. The summed E-state index contributed by atoms with van der Waals surface area (Å²) in [6.45, 7) is 3.53. The van der Waals surface area contributed by atoms with E-state index in [-0.39, 0.29) is 16.4 Å². The van der Waals surface area contributed by atoms with Crippen LogP contribution in [-0.4, -0.2) is 38.6 Å². The van der Waals surface area contributed by atoms with Gasteiger partial charge in [0.1, 0.15) is 5.75 Å².